The summed E-state index contributed by atoms with van der Waals surface area (Å²) in [6, 6.07) is 7.26. The fraction of sp³-hybridized carbons (Fsp3) is 0.619. The molecule has 2 fully saturated rings. The molecule has 0 amide bonds. The standard InChI is InChI=1S/C21H31FN6/c1-2-28-20(24-25-21(28)17-12-19(23)13-17)15-27-8-4-7-26(9-10-27)14-16-5-3-6-18(22)11-16/h3,5-6,11,17,19H,2,4,7-10,12-15,23H2,1H3. The second-order valence-corrected chi connectivity index (χ2v) is 8.18. The lowest BCUT2D eigenvalue weighted by molar-refractivity contribution is 0.240. The van der Waals surface area contributed by atoms with Crippen molar-refractivity contribution in [1.29, 1.82) is 0 Å². The molecule has 1 aromatic heterocycles. The Balaban J connectivity index is 1.35. The van der Waals surface area contributed by atoms with Crippen molar-refractivity contribution in [2.24, 2.45) is 5.73 Å². The predicted octanol–water partition coefficient (Wildman–Crippen LogP) is 2.35. The number of rotatable bonds is 6. The molecule has 152 valence electrons. The van der Waals surface area contributed by atoms with E-state index in [0.29, 0.717) is 12.0 Å². The van der Waals surface area contributed by atoms with Gasteiger partial charge in [-0.1, -0.05) is 12.1 Å². The van der Waals surface area contributed by atoms with Crippen molar-refractivity contribution in [3.8, 4) is 0 Å². The van der Waals surface area contributed by atoms with Gasteiger partial charge in [-0.05, 0) is 57.0 Å². The van der Waals surface area contributed by atoms with E-state index in [-0.39, 0.29) is 5.82 Å². The average Bonchev–Trinajstić information content (AvgIpc) is 2.91. The molecule has 0 radical (unpaired) electrons. The van der Waals surface area contributed by atoms with Crippen molar-refractivity contribution in [3.63, 3.8) is 0 Å². The normalized spacial score (nSPS) is 24.1. The lowest BCUT2D eigenvalue weighted by atomic mass is 9.80. The van der Waals surface area contributed by atoms with Gasteiger partial charge >= 0.3 is 0 Å². The summed E-state index contributed by atoms with van der Waals surface area (Å²) in [4.78, 5) is 4.89. The summed E-state index contributed by atoms with van der Waals surface area (Å²) in [5.74, 6) is 2.50. The zero-order valence-corrected chi connectivity index (χ0v) is 16.7. The van der Waals surface area contributed by atoms with Gasteiger partial charge in [0.1, 0.15) is 17.5 Å². The Morgan fingerprint density at radius 3 is 2.50 bits per heavy atom. The van der Waals surface area contributed by atoms with Crippen LogP contribution in [0.25, 0.3) is 0 Å². The third-order valence-corrected chi connectivity index (χ3v) is 6.05. The van der Waals surface area contributed by atoms with E-state index in [1.807, 2.05) is 6.07 Å². The van der Waals surface area contributed by atoms with Crippen molar-refractivity contribution < 1.29 is 4.39 Å². The fourth-order valence-electron chi connectivity index (χ4n) is 4.42. The number of hydrogen-bond donors (Lipinski definition) is 1. The van der Waals surface area contributed by atoms with Crippen LogP contribution in [0.5, 0.6) is 0 Å². The fourth-order valence-corrected chi connectivity index (χ4v) is 4.42. The lowest BCUT2D eigenvalue weighted by Crippen LogP contribution is -2.36. The second-order valence-electron chi connectivity index (χ2n) is 8.18. The largest absolute Gasteiger partial charge is 0.328 e. The summed E-state index contributed by atoms with van der Waals surface area (Å²) >= 11 is 0. The number of benzene rings is 1. The molecule has 2 aromatic rings. The zero-order chi connectivity index (χ0) is 19.5. The zero-order valence-electron chi connectivity index (χ0n) is 16.7. The van der Waals surface area contributed by atoms with Crippen LogP contribution in [0.3, 0.4) is 0 Å². The van der Waals surface area contributed by atoms with Gasteiger partial charge in [0.2, 0.25) is 0 Å². The molecule has 0 atom stereocenters. The first-order valence-corrected chi connectivity index (χ1v) is 10.5. The summed E-state index contributed by atoms with van der Waals surface area (Å²) in [7, 11) is 0. The van der Waals surface area contributed by atoms with Crippen molar-refractivity contribution in [2.75, 3.05) is 26.2 Å². The highest BCUT2D eigenvalue weighted by Gasteiger charge is 2.32. The first-order chi connectivity index (χ1) is 13.6. The average molecular weight is 387 g/mol. The van der Waals surface area contributed by atoms with Crippen LogP contribution in [-0.2, 0) is 19.6 Å². The van der Waals surface area contributed by atoms with Crippen LogP contribution >= 0.6 is 0 Å². The van der Waals surface area contributed by atoms with E-state index < -0.39 is 0 Å². The van der Waals surface area contributed by atoms with E-state index in [1.165, 1.54) is 6.07 Å². The van der Waals surface area contributed by atoms with Gasteiger partial charge in [-0.15, -0.1) is 10.2 Å². The highest BCUT2D eigenvalue weighted by Crippen LogP contribution is 2.34. The van der Waals surface area contributed by atoms with Gasteiger partial charge < -0.3 is 10.3 Å². The van der Waals surface area contributed by atoms with Crippen LogP contribution in [0, 0.1) is 5.82 Å². The van der Waals surface area contributed by atoms with Crippen LogP contribution in [-0.4, -0.2) is 56.8 Å². The summed E-state index contributed by atoms with van der Waals surface area (Å²) in [5, 5.41) is 9.01. The Hall–Kier alpha value is -1.83. The minimum atomic E-state index is -0.156. The Kier molecular flexibility index (Phi) is 6.04. The van der Waals surface area contributed by atoms with Crippen LogP contribution in [0.4, 0.5) is 4.39 Å². The lowest BCUT2D eigenvalue weighted by Gasteiger charge is -2.31. The molecule has 4 rings (SSSR count). The maximum absolute atomic E-state index is 13.4. The predicted molar refractivity (Wildman–Crippen MR) is 107 cm³/mol. The van der Waals surface area contributed by atoms with Crippen LogP contribution in [0.15, 0.2) is 24.3 Å². The van der Waals surface area contributed by atoms with E-state index in [4.69, 9.17) is 5.73 Å². The van der Waals surface area contributed by atoms with Gasteiger partial charge in [0.25, 0.3) is 0 Å². The third kappa shape index (κ3) is 4.42. The molecule has 2 heterocycles. The maximum atomic E-state index is 13.4. The molecule has 0 bridgehead atoms. The quantitative estimate of drug-likeness (QED) is 0.826. The van der Waals surface area contributed by atoms with Crippen LogP contribution in [0.2, 0.25) is 0 Å². The highest BCUT2D eigenvalue weighted by molar-refractivity contribution is 5.16. The number of nitrogens with zero attached hydrogens (tertiary/aromatic N) is 5. The van der Waals surface area contributed by atoms with Gasteiger partial charge in [0.05, 0.1) is 6.54 Å². The summed E-state index contributed by atoms with van der Waals surface area (Å²) in [6.07, 6.45) is 3.16. The highest BCUT2D eigenvalue weighted by atomic mass is 19.1. The van der Waals surface area contributed by atoms with Gasteiger partial charge in [0, 0.05) is 38.1 Å². The Bertz CT molecular complexity index is 785. The minimum Gasteiger partial charge on any atom is -0.328 e. The maximum Gasteiger partial charge on any atom is 0.147 e. The van der Waals surface area contributed by atoms with Gasteiger partial charge in [-0.25, -0.2) is 4.39 Å². The second kappa shape index (κ2) is 8.68. The Morgan fingerprint density at radius 1 is 1.07 bits per heavy atom. The number of nitrogens with two attached hydrogens (primary N) is 1. The molecule has 2 N–H and O–H groups in total. The molecule has 0 spiro atoms. The van der Waals surface area contributed by atoms with Gasteiger partial charge in [-0.2, -0.15) is 0 Å². The topological polar surface area (TPSA) is 63.2 Å². The van der Waals surface area contributed by atoms with Gasteiger partial charge in [0.15, 0.2) is 0 Å². The summed E-state index contributed by atoms with van der Waals surface area (Å²) in [5.41, 5.74) is 7.00. The van der Waals surface area contributed by atoms with Gasteiger partial charge in [-0.3, -0.25) is 9.80 Å². The first-order valence-electron chi connectivity index (χ1n) is 10.5. The van der Waals surface area contributed by atoms with E-state index in [0.717, 1.165) is 82.3 Å². The smallest absolute Gasteiger partial charge is 0.147 e. The number of aromatic nitrogens is 3. The summed E-state index contributed by atoms with van der Waals surface area (Å²) < 4.78 is 15.7. The number of halogens is 1. The molecule has 1 saturated carbocycles. The number of hydrogen-bond acceptors (Lipinski definition) is 5. The molecular formula is C21H31FN6. The van der Waals surface area contributed by atoms with Crippen molar-refractivity contribution in [2.45, 2.75) is 57.8 Å². The van der Waals surface area contributed by atoms with E-state index in [2.05, 4.69) is 31.5 Å². The molecule has 1 aliphatic heterocycles. The van der Waals surface area contributed by atoms with E-state index >= 15 is 0 Å². The monoisotopic (exact) mass is 386 g/mol. The molecule has 6 nitrogen and oxygen atoms in total. The van der Waals surface area contributed by atoms with Crippen LogP contribution in [0.1, 0.15) is 49.3 Å². The molecule has 1 aliphatic carbocycles. The molecule has 0 unspecified atom stereocenters. The molecule has 2 aliphatic rings. The van der Waals surface area contributed by atoms with Crippen molar-refractivity contribution in [3.05, 3.63) is 47.3 Å². The minimum absolute atomic E-state index is 0.156. The molecule has 7 heteroatoms. The summed E-state index contributed by atoms with van der Waals surface area (Å²) in [6.45, 7) is 8.80. The van der Waals surface area contributed by atoms with Crippen molar-refractivity contribution in [1.82, 2.24) is 24.6 Å². The Morgan fingerprint density at radius 2 is 1.82 bits per heavy atom. The Labute approximate surface area is 166 Å². The molecule has 1 aromatic carbocycles. The molecular weight excluding hydrogens is 355 g/mol. The first kappa shape index (κ1) is 19.5. The van der Waals surface area contributed by atoms with E-state index in [9.17, 15) is 4.39 Å². The van der Waals surface area contributed by atoms with Crippen LogP contribution < -0.4 is 5.73 Å². The van der Waals surface area contributed by atoms with E-state index in [1.54, 1.807) is 12.1 Å². The van der Waals surface area contributed by atoms with Crippen molar-refractivity contribution >= 4 is 0 Å². The SMILES string of the molecule is CCn1c(CN2CCCN(Cc3cccc(F)c3)CC2)nnc1C1CC(N)C1. The molecule has 28 heavy (non-hydrogen) atoms. The third-order valence-electron chi connectivity index (χ3n) is 6.05. The molecule has 1 saturated heterocycles.